The molecule has 9 N–H and O–H groups in total. The van der Waals surface area contributed by atoms with Crippen LogP contribution in [0.25, 0.3) is 0 Å². The molecule has 0 bridgehead atoms. The molecule has 0 amide bonds. The number of nitrogens with one attached hydrogen (secondary N) is 4. The number of carbonyl (C=O) groups excluding carboxylic acids is 2. The molecule has 39 heteroatoms. The van der Waals surface area contributed by atoms with Crippen molar-refractivity contribution in [3.05, 3.63) is 68.3 Å². The first kappa shape index (κ1) is 109. The molecular formula is C43H96N10O19S6Y4-8. The fourth-order valence-electron chi connectivity index (χ4n) is 5.12. The molecule has 0 unspecified atom stereocenters. The largest absolute Gasteiger partial charge is 0.574 e. The number of aliphatic hydroxyl groups excluding tert-OH is 3. The number of sulfonamides is 5. The zero-order valence-corrected chi connectivity index (χ0v) is 64.3. The van der Waals surface area contributed by atoms with E-state index >= 15 is 0 Å². The van der Waals surface area contributed by atoms with Crippen LogP contribution in [0.1, 0.15) is 21.8 Å². The van der Waals surface area contributed by atoms with Crippen molar-refractivity contribution >= 4 is 71.8 Å². The molecular weight excluding hydrogens is 1510 g/mol. The summed E-state index contributed by atoms with van der Waals surface area (Å²) < 4.78 is 144. The van der Waals surface area contributed by atoms with Crippen molar-refractivity contribution < 1.29 is 215 Å². The summed E-state index contributed by atoms with van der Waals surface area (Å²) in [6, 6.07) is 0.367. The van der Waals surface area contributed by atoms with Crippen molar-refractivity contribution in [3.8, 4) is 0 Å². The molecule has 0 aliphatic carbocycles. The summed E-state index contributed by atoms with van der Waals surface area (Å²) in [6.07, 6.45) is 6.23. The SMILES string of the molecule is C.C.C=C1CNC1.CC1CN(S(C)(=O)=O)C1.CS(=O)(=O)N1CC(=O)C1.CS(=O)(=O)N1CC(NC[CH-]O)C1.CS(=O)(=O)N1CC(NC[CH-]O)C1.CS(=O)(=O)OC1CN(S(C)(=O)=O)C1.NC[CH-]O.O=C1CNC1.[CH-]1CO1.[CH3-].[CH3-].[CH3-].[CH3-].[Y].[Y].[Y].[Y]. The van der Waals surface area contributed by atoms with Crippen molar-refractivity contribution in [2.45, 2.75) is 40.0 Å². The molecule has 0 aromatic carbocycles. The van der Waals surface area contributed by atoms with Crippen molar-refractivity contribution in [3.63, 3.8) is 0 Å². The fourth-order valence-corrected chi connectivity index (χ4v) is 10.2. The molecule has 8 saturated heterocycles. The minimum absolute atomic E-state index is 0. The Balaban J connectivity index is -0.0000000776. The monoisotopic (exact) mass is 1600 g/mol. The number of hydrogen-bond donors (Lipinski definition) is 8. The third-order valence-electron chi connectivity index (χ3n) is 9.56. The van der Waals surface area contributed by atoms with Crippen molar-refractivity contribution in [2.24, 2.45) is 11.7 Å². The topological polar surface area (TPSA) is 412 Å². The molecule has 4 radical (unpaired) electrons. The van der Waals surface area contributed by atoms with Crippen LogP contribution in [-0.4, -0.2) is 273 Å². The Labute approximate surface area is 597 Å². The van der Waals surface area contributed by atoms with E-state index in [0.29, 0.717) is 77.1 Å². The van der Waals surface area contributed by atoms with Crippen LogP contribution in [0.5, 0.6) is 0 Å². The first-order valence-electron chi connectivity index (χ1n) is 21.7. The van der Waals surface area contributed by atoms with Gasteiger partial charge in [0.25, 0.3) is 10.1 Å². The molecule has 0 saturated carbocycles. The molecule has 0 aromatic heterocycles. The predicted octanol–water partition coefficient (Wildman–Crippen LogP) is -3.13. The number of Topliss-reactive ketones (excluding diaryl/α,β-unsaturated/α-hetero) is 2. The van der Waals surface area contributed by atoms with Crippen LogP contribution in [0.3, 0.4) is 0 Å². The van der Waals surface area contributed by atoms with Gasteiger partial charge in [-0.1, -0.05) is 35.0 Å². The van der Waals surface area contributed by atoms with E-state index in [0.717, 1.165) is 66.9 Å². The minimum Gasteiger partial charge on any atom is -0.574 e. The second-order valence-corrected chi connectivity index (χ2v) is 28.4. The van der Waals surface area contributed by atoms with Crippen LogP contribution in [0.2, 0.25) is 0 Å². The smallest absolute Gasteiger partial charge is 0.264 e. The van der Waals surface area contributed by atoms with Gasteiger partial charge in [0.15, 0.2) is 11.6 Å². The molecule has 0 aromatic rings. The zero-order valence-electron chi connectivity index (χ0n) is 48.0. The maximum Gasteiger partial charge on any atom is 0.264 e. The van der Waals surface area contributed by atoms with E-state index in [4.69, 9.17) is 21.1 Å². The van der Waals surface area contributed by atoms with E-state index in [-0.39, 0.29) is 226 Å². The third-order valence-corrected chi connectivity index (χ3v) is 16.3. The number of nitrogens with two attached hydrogens (primary N) is 1. The molecule has 8 aliphatic rings. The van der Waals surface area contributed by atoms with E-state index in [1.165, 1.54) is 37.3 Å². The van der Waals surface area contributed by atoms with Crippen LogP contribution in [0.4, 0.5) is 0 Å². The third kappa shape index (κ3) is 55.4. The first-order chi connectivity index (χ1) is 33.0. The number of ether oxygens (including phenoxy) is 1. The van der Waals surface area contributed by atoms with Crippen LogP contribution in [0.15, 0.2) is 12.2 Å². The summed E-state index contributed by atoms with van der Waals surface area (Å²) in [6.45, 7) is 19.5. The molecule has 8 rings (SSSR count). The van der Waals surface area contributed by atoms with Gasteiger partial charge in [-0.15, -0.1) is 19.6 Å². The van der Waals surface area contributed by atoms with Gasteiger partial charge in [-0.05, 0) is 11.5 Å². The molecule has 0 atom stereocenters. The quantitative estimate of drug-likeness (QED) is 0.0369. The summed E-state index contributed by atoms with van der Waals surface area (Å²) >= 11 is 0. The Morgan fingerprint density at radius 3 is 0.963 bits per heavy atom. The van der Waals surface area contributed by atoms with Crippen LogP contribution >= 0.6 is 0 Å². The Hall–Kier alpha value is 2.60. The normalized spacial score (nSPS) is 18.4. The van der Waals surface area contributed by atoms with E-state index in [1.807, 2.05) is 6.92 Å². The van der Waals surface area contributed by atoms with Gasteiger partial charge in [0, 0.05) is 208 Å². The molecule has 8 fully saturated rings. The van der Waals surface area contributed by atoms with Crippen LogP contribution in [0, 0.1) is 62.1 Å². The van der Waals surface area contributed by atoms with Gasteiger partial charge in [-0.2, -0.15) is 32.2 Å². The molecule has 8 aliphatic heterocycles. The van der Waals surface area contributed by atoms with Crippen molar-refractivity contribution in [1.82, 2.24) is 42.8 Å². The molecule has 0 spiro atoms. The summed E-state index contributed by atoms with van der Waals surface area (Å²) in [4.78, 5) is 20.1. The number of epoxide rings is 1. The van der Waals surface area contributed by atoms with Gasteiger partial charge in [-0.25, -0.2) is 66.2 Å². The Morgan fingerprint density at radius 2 is 0.829 bits per heavy atom. The fraction of sp³-hybridized carbons (Fsp3) is 0.721. The Kier molecular flexibility index (Phi) is 72.1. The van der Waals surface area contributed by atoms with E-state index in [2.05, 4.69) is 36.8 Å². The maximum absolute atomic E-state index is 10.9. The van der Waals surface area contributed by atoms with Gasteiger partial charge in [0.2, 0.25) is 50.1 Å². The van der Waals surface area contributed by atoms with Gasteiger partial charge in [0.1, 0.15) is 6.10 Å². The van der Waals surface area contributed by atoms with Gasteiger partial charge in [0.05, 0.1) is 63.7 Å². The van der Waals surface area contributed by atoms with Gasteiger partial charge in [-0.3, -0.25) is 13.8 Å². The van der Waals surface area contributed by atoms with E-state index in [1.54, 1.807) is 6.61 Å². The average molecular weight is 1610 g/mol. The predicted molar refractivity (Wildman–Crippen MR) is 307 cm³/mol. The molecule has 488 valence electrons. The Morgan fingerprint density at radius 1 is 0.573 bits per heavy atom. The minimum atomic E-state index is -3.47. The molecule has 82 heavy (non-hydrogen) atoms. The van der Waals surface area contributed by atoms with E-state index in [9.17, 15) is 60.1 Å². The van der Waals surface area contributed by atoms with Gasteiger partial charge < -0.3 is 76.8 Å². The number of aliphatic hydroxyl groups is 3. The second kappa shape index (κ2) is 54.2. The Bertz CT molecular complexity index is 2260. The van der Waals surface area contributed by atoms with E-state index < -0.39 is 66.3 Å². The number of rotatable bonds is 14. The number of hydrogen-bond acceptors (Lipinski definition) is 24. The van der Waals surface area contributed by atoms with Crippen molar-refractivity contribution in [1.29, 1.82) is 0 Å². The van der Waals surface area contributed by atoms with Crippen LogP contribution in [-0.2, 0) is 210 Å². The van der Waals surface area contributed by atoms with Gasteiger partial charge >= 0.3 is 0 Å². The maximum atomic E-state index is 10.9. The molecule has 29 nitrogen and oxygen atoms in total. The zero-order chi connectivity index (χ0) is 55.7. The standard InChI is InChI=1S/2C6H13N2O3S.C5H11NO5S2.C5H11NO2S.C4H7NO3S.C4H7N.C3H5NO.C2H6NO.C2H3O.2CH4.4CH3.4Y/c2*1-12(10,11)8-4-6(5-8)7-2-3-9;1-12(7,8)6-3-5(4-6)11-13(2,9)10;1-5-3-6(4-5)9(2,7)8;1-9(7,8)5-2-4(6)3-5;1-4-2-5-3-4;5-3-1-4-2-3;3-1-2-4;1-2-3-1;;;;;;;;;;/h2*3,6-7,9H,2,4-5H2,1H3;5H,3-4H2,1-2H3;5H,3-4H2,1-2H3;2-3H2,1H3;5H,1-3H2;4H,1-2H2;2,4H,1,3H2;1H,2H2;2*1H4;4*1H3;;;;/q2*-1;;;;;;2*-1;;;4*-1;;;;. The summed E-state index contributed by atoms with van der Waals surface area (Å²) in [5, 5.41) is 36.1. The second-order valence-electron chi connectivity index (χ2n) is 16.9. The first-order valence-corrected chi connectivity index (χ1v) is 32.8. The number of carbonyl (C=O) groups is 2. The summed E-state index contributed by atoms with van der Waals surface area (Å²) in [5.74, 6) is 0.866. The molecule has 8 heterocycles. The number of nitrogens with zero attached hydrogens (tertiary/aromatic N) is 5. The summed E-state index contributed by atoms with van der Waals surface area (Å²) in [7, 11) is -18.6. The van der Waals surface area contributed by atoms with Crippen molar-refractivity contribution in [2.75, 3.05) is 155 Å². The summed E-state index contributed by atoms with van der Waals surface area (Å²) in [5.41, 5.74) is 6.05. The average Bonchev–Trinajstić information content (AvgIpc) is 4.03. The van der Waals surface area contributed by atoms with Crippen LogP contribution < -0.4 is 27.0 Å². The number of ketones is 2.